The molecule has 6 heteroatoms. The van der Waals surface area contributed by atoms with Crippen LogP contribution in [0.2, 0.25) is 0 Å². The molecular formula is C14H20N2O3S. The number of aryl methyl sites for hydroxylation is 1. The van der Waals surface area contributed by atoms with E-state index >= 15 is 0 Å². The second-order valence-electron chi connectivity index (χ2n) is 4.11. The zero-order valence-electron chi connectivity index (χ0n) is 11.5. The van der Waals surface area contributed by atoms with E-state index in [0.717, 1.165) is 17.7 Å². The number of carbonyl (C=O) groups excluding carboxylic acids is 2. The third-order valence-electron chi connectivity index (χ3n) is 2.59. The van der Waals surface area contributed by atoms with Gasteiger partial charge in [-0.2, -0.15) is 0 Å². The monoisotopic (exact) mass is 296 g/mol. The van der Waals surface area contributed by atoms with Crippen molar-refractivity contribution in [2.75, 3.05) is 30.0 Å². The Labute approximate surface area is 123 Å². The minimum Gasteiger partial charge on any atom is -0.396 e. The fourth-order valence-corrected chi connectivity index (χ4v) is 2.17. The minimum atomic E-state index is -0.244. The molecule has 1 rings (SSSR count). The fourth-order valence-electron chi connectivity index (χ4n) is 1.60. The average Bonchev–Trinajstić information content (AvgIpc) is 2.46. The van der Waals surface area contributed by atoms with Gasteiger partial charge in [-0.25, -0.2) is 0 Å². The van der Waals surface area contributed by atoms with Crippen LogP contribution >= 0.6 is 11.8 Å². The smallest absolute Gasteiger partial charge is 0.243 e. The number of nitrogens with one attached hydrogen (secondary N) is 2. The molecule has 5 nitrogen and oxygen atoms in total. The SMILES string of the molecule is CCc1ccccc1NC(=O)CNC(=O)CSCCO. The summed E-state index contributed by atoms with van der Waals surface area (Å²) in [4.78, 5) is 23.1. The number of carbonyl (C=O) groups is 2. The van der Waals surface area contributed by atoms with Gasteiger partial charge in [0.15, 0.2) is 0 Å². The molecule has 0 saturated carbocycles. The lowest BCUT2D eigenvalue weighted by Crippen LogP contribution is -2.34. The van der Waals surface area contributed by atoms with Crippen LogP contribution in [0.3, 0.4) is 0 Å². The van der Waals surface area contributed by atoms with E-state index in [-0.39, 0.29) is 30.7 Å². The minimum absolute atomic E-state index is 0.0451. The molecule has 0 aromatic heterocycles. The third-order valence-corrected chi connectivity index (χ3v) is 3.52. The van der Waals surface area contributed by atoms with E-state index in [4.69, 9.17) is 5.11 Å². The van der Waals surface area contributed by atoms with Gasteiger partial charge in [0.05, 0.1) is 18.9 Å². The van der Waals surface area contributed by atoms with Crippen LogP contribution in [0.15, 0.2) is 24.3 Å². The van der Waals surface area contributed by atoms with Crippen LogP contribution in [0.1, 0.15) is 12.5 Å². The second-order valence-corrected chi connectivity index (χ2v) is 5.22. The highest BCUT2D eigenvalue weighted by Crippen LogP contribution is 2.14. The standard InChI is InChI=1S/C14H20N2O3S/c1-2-11-5-3-4-6-12(11)16-13(18)9-15-14(19)10-20-8-7-17/h3-6,17H,2,7-10H2,1H3,(H,15,19)(H,16,18). The number of hydrogen-bond donors (Lipinski definition) is 3. The van der Waals surface area contributed by atoms with Crippen molar-refractivity contribution in [3.63, 3.8) is 0 Å². The molecule has 0 aliphatic carbocycles. The zero-order chi connectivity index (χ0) is 14.8. The molecule has 0 saturated heterocycles. The molecule has 0 radical (unpaired) electrons. The quantitative estimate of drug-likeness (QED) is 0.626. The van der Waals surface area contributed by atoms with Gasteiger partial charge in [-0.05, 0) is 18.1 Å². The molecule has 1 aromatic carbocycles. The lowest BCUT2D eigenvalue weighted by molar-refractivity contribution is -0.122. The molecule has 0 bridgehead atoms. The predicted molar refractivity (Wildman–Crippen MR) is 81.9 cm³/mol. The Kier molecular flexibility index (Phi) is 7.75. The highest BCUT2D eigenvalue weighted by molar-refractivity contribution is 7.99. The van der Waals surface area contributed by atoms with E-state index in [2.05, 4.69) is 10.6 Å². The number of rotatable bonds is 8. The maximum absolute atomic E-state index is 11.7. The van der Waals surface area contributed by atoms with E-state index in [1.54, 1.807) is 0 Å². The van der Waals surface area contributed by atoms with Crippen molar-refractivity contribution in [1.29, 1.82) is 0 Å². The second kappa shape index (κ2) is 9.39. The van der Waals surface area contributed by atoms with Gasteiger partial charge >= 0.3 is 0 Å². The van der Waals surface area contributed by atoms with Crippen molar-refractivity contribution in [3.8, 4) is 0 Å². The highest BCUT2D eigenvalue weighted by Gasteiger charge is 2.07. The van der Waals surface area contributed by atoms with Crippen molar-refractivity contribution >= 4 is 29.3 Å². The first-order valence-electron chi connectivity index (χ1n) is 6.50. The molecule has 0 fully saturated rings. The zero-order valence-corrected chi connectivity index (χ0v) is 12.3. The van der Waals surface area contributed by atoms with Gasteiger partial charge in [-0.1, -0.05) is 25.1 Å². The fraction of sp³-hybridized carbons (Fsp3) is 0.429. The molecule has 3 N–H and O–H groups in total. The van der Waals surface area contributed by atoms with Crippen LogP contribution in [0.4, 0.5) is 5.69 Å². The molecule has 2 amide bonds. The largest absolute Gasteiger partial charge is 0.396 e. The Morgan fingerprint density at radius 3 is 2.70 bits per heavy atom. The molecule has 1 aromatic rings. The summed E-state index contributed by atoms with van der Waals surface area (Å²) in [5, 5.41) is 13.9. The number of benzene rings is 1. The maximum Gasteiger partial charge on any atom is 0.243 e. The Morgan fingerprint density at radius 1 is 1.25 bits per heavy atom. The molecule has 110 valence electrons. The normalized spacial score (nSPS) is 10.1. The summed E-state index contributed by atoms with van der Waals surface area (Å²) in [5.41, 5.74) is 1.84. The molecule has 0 spiro atoms. The molecule has 0 unspecified atom stereocenters. The first kappa shape index (κ1) is 16.5. The van der Waals surface area contributed by atoms with Crippen molar-refractivity contribution in [3.05, 3.63) is 29.8 Å². The number of para-hydroxylation sites is 1. The van der Waals surface area contributed by atoms with Crippen LogP contribution < -0.4 is 10.6 Å². The molecule has 0 aliphatic rings. The Morgan fingerprint density at radius 2 is 2.00 bits per heavy atom. The summed E-state index contributed by atoms with van der Waals surface area (Å²) in [5.74, 6) is 0.317. The number of thioether (sulfide) groups is 1. The predicted octanol–water partition coefficient (Wildman–Crippen LogP) is 1.03. The molecule has 20 heavy (non-hydrogen) atoms. The van der Waals surface area contributed by atoms with Gasteiger partial charge in [-0.3, -0.25) is 9.59 Å². The highest BCUT2D eigenvalue weighted by atomic mass is 32.2. The van der Waals surface area contributed by atoms with Gasteiger partial charge in [-0.15, -0.1) is 11.8 Å². The number of amides is 2. The summed E-state index contributed by atoms with van der Waals surface area (Å²) in [6.45, 7) is 2.02. The third kappa shape index (κ3) is 6.08. The molecule has 0 atom stereocenters. The van der Waals surface area contributed by atoms with Crippen molar-refractivity contribution in [2.45, 2.75) is 13.3 Å². The van der Waals surface area contributed by atoms with Crippen molar-refractivity contribution < 1.29 is 14.7 Å². The first-order valence-corrected chi connectivity index (χ1v) is 7.66. The lowest BCUT2D eigenvalue weighted by Gasteiger charge is -2.10. The average molecular weight is 296 g/mol. The van der Waals surface area contributed by atoms with Crippen LogP contribution in [0.5, 0.6) is 0 Å². The Balaban J connectivity index is 2.35. The first-order chi connectivity index (χ1) is 9.67. The van der Waals surface area contributed by atoms with Gasteiger partial charge < -0.3 is 15.7 Å². The topological polar surface area (TPSA) is 78.4 Å². The number of anilines is 1. The number of aliphatic hydroxyl groups is 1. The summed E-state index contributed by atoms with van der Waals surface area (Å²) in [6, 6.07) is 7.59. The summed E-state index contributed by atoms with van der Waals surface area (Å²) in [7, 11) is 0. The molecule has 0 heterocycles. The Bertz CT molecular complexity index is 452. The van der Waals surface area contributed by atoms with Crippen LogP contribution in [-0.4, -0.2) is 41.6 Å². The van der Waals surface area contributed by atoms with Gasteiger partial charge in [0.1, 0.15) is 0 Å². The summed E-state index contributed by atoms with van der Waals surface area (Å²) >= 11 is 1.33. The van der Waals surface area contributed by atoms with Gasteiger partial charge in [0.2, 0.25) is 11.8 Å². The lowest BCUT2D eigenvalue weighted by atomic mass is 10.1. The van der Waals surface area contributed by atoms with Crippen LogP contribution in [0.25, 0.3) is 0 Å². The Hall–Kier alpha value is -1.53. The number of aliphatic hydroxyl groups excluding tert-OH is 1. The molecule has 0 aliphatic heterocycles. The van der Waals surface area contributed by atoms with Crippen molar-refractivity contribution in [1.82, 2.24) is 5.32 Å². The summed E-state index contributed by atoms with van der Waals surface area (Å²) in [6.07, 6.45) is 0.834. The van der Waals surface area contributed by atoms with Crippen molar-refractivity contribution in [2.24, 2.45) is 0 Å². The van der Waals surface area contributed by atoms with Gasteiger partial charge in [0.25, 0.3) is 0 Å². The van der Waals surface area contributed by atoms with E-state index in [0.29, 0.717) is 5.75 Å². The van der Waals surface area contributed by atoms with E-state index in [1.165, 1.54) is 11.8 Å². The molecular weight excluding hydrogens is 276 g/mol. The number of hydrogen-bond acceptors (Lipinski definition) is 4. The van der Waals surface area contributed by atoms with Crippen LogP contribution in [-0.2, 0) is 16.0 Å². The van der Waals surface area contributed by atoms with E-state index in [1.807, 2.05) is 31.2 Å². The maximum atomic E-state index is 11.7. The van der Waals surface area contributed by atoms with Gasteiger partial charge in [0, 0.05) is 11.4 Å². The summed E-state index contributed by atoms with van der Waals surface area (Å²) < 4.78 is 0. The van der Waals surface area contributed by atoms with Crippen LogP contribution in [0, 0.1) is 0 Å². The van der Waals surface area contributed by atoms with E-state index < -0.39 is 0 Å². The van der Waals surface area contributed by atoms with E-state index in [9.17, 15) is 9.59 Å².